The van der Waals surface area contributed by atoms with Crippen LogP contribution in [0.25, 0.3) is 0 Å². The predicted molar refractivity (Wildman–Crippen MR) is 77.6 cm³/mol. The third kappa shape index (κ3) is 4.06. The van der Waals surface area contributed by atoms with E-state index in [1.54, 1.807) is 17.0 Å². The van der Waals surface area contributed by atoms with E-state index in [9.17, 15) is 4.79 Å². The molecule has 0 spiro atoms. The number of nitrogens with one attached hydrogen (secondary N) is 1. The third-order valence-electron chi connectivity index (χ3n) is 2.82. The molecule has 2 rings (SSSR count). The van der Waals surface area contributed by atoms with Crippen molar-refractivity contribution >= 4 is 0 Å². The molecule has 0 bridgehead atoms. The largest absolute Gasteiger partial charge is 0.463 e. The molecule has 0 atom stereocenters. The van der Waals surface area contributed by atoms with Crippen LogP contribution in [0.3, 0.4) is 0 Å². The van der Waals surface area contributed by atoms with Crippen molar-refractivity contribution in [3.63, 3.8) is 0 Å². The molecule has 0 radical (unpaired) electrons. The molecular formula is C15H21N3O2. The topological polar surface area (TPSA) is 60.1 Å². The second-order valence-electron chi connectivity index (χ2n) is 6.01. The van der Waals surface area contributed by atoms with Crippen molar-refractivity contribution in [3.05, 3.63) is 52.1 Å². The Morgan fingerprint density at radius 3 is 2.70 bits per heavy atom. The first-order valence-electron chi connectivity index (χ1n) is 6.69. The molecule has 0 fully saturated rings. The number of furan rings is 1. The molecule has 2 aromatic rings. The first-order chi connectivity index (χ1) is 9.33. The Bertz CT molecular complexity index is 635. The van der Waals surface area contributed by atoms with Crippen LogP contribution in [0.15, 0.2) is 33.7 Å². The highest BCUT2D eigenvalue weighted by molar-refractivity contribution is 5.09. The fourth-order valence-electron chi connectivity index (χ4n) is 1.80. The molecule has 0 saturated carbocycles. The van der Waals surface area contributed by atoms with E-state index in [2.05, 4.69) is 31.1 Å². The maximum Gasteiger partial charge on any atom is 0.347 e. The zero-order chi connectivity index (χ0) is 14.8. The summed E-state index contributed by atoms with van der Waals surface area (Å²) in [6.45, 7) is 9.30. The minimum absolute atomic E-state index is 0.0460. The van der Waals surface area contributed by atoms with E-state index in [1.165, 1.54) is 0 Å². The first kappa shape index (κ1) is 14.5. The van der Waals surface area contributed by atoms with Gasteiger partial charge in [0.1, 0.15) is 11.5 Å². The van der Waals surface area contributed by atoms with Gasteiger partial charge in [0, 0.05) is 17.9 Å². The molecule has 108 valence electrons. The predicted octanol–water partition coefficient (Wildman–Crippen LogP) is 2.08. The lowest BCUT2D eigenvalue weighted by Gasteiger charge is -2.19. The van der Waals surface area contributed by atoms with Gasteiger partial charge in [0.15, 0.2) is 0 Å². The molecule has 0 aliphatic rings. The van der Waals surface area contributed by atoms with E-state index in [-0.39, 0.29) is 11.2 Å². The Labute approximate surface area is 118 Å². The molecule has 0 saturated heterocycles. The zero-order valence-corrected chi connectivity index (χ0v) is 12.4. The highest BCUT2D eigenvalue weighted by Gasteiger charge is 2.10. The van der Waals surface area contributed by atoms with Crippen molar-refractivity contribution in [2.24, 2.45) is 0 Å². The maximum absolute atomic E-state index is 11.6. The van der Waals surface area contributed by atoms with Gasteiger partial charge in [-0.25, -0.2) is 9.78 Å². The molecular weight excluding hydrogens is 254 g/mol. The summed E-state index contributed by atoms with van der Waals surface area (Å²) in [6, 6.07) is 3.83. The Balaban J connectivity index is 2.06. The fourth-order valence-corrected chi connectivity index (χ4v) is 1.80. The van der Waals surface area contributed by atoms with Gasteiger partial charge in [-0.2, -0.15) is 0 Å². The molecule has 20 heavy (non-hydrogen) atoms. The maximum atomic E-state index is 11.6. The highest BCUT2D eigenvalue weighted by atomic mass is 16.3. The molecule has 5 heteroatoms. The Kier molecular flexibility index (Phi) is 4.09. The van der Waals surface area contributed by atoms with E-state index < -0.39 is 0 Å². The van der Waals surface area contributed by atoms with Gasteiger partial charge in [0.05, 0.1) is 13.1 Å². The number of rotatable bonds is 4. The van der Waals surface area contributed by atoms with Crippen molar-refractivity contribution in [3.8, 4) is 0 Å². The van der Waals surface area contributed by atoms with Gasteiger partial charge in [-0.3, -0.25) is 4.57 Å². The van der Waals surface area contributed by atoms with Gasteiger partial charge >= 0.3 is 5.69 Å². The van der Waals surface area contributed by atoms with Crippen LogP contribution in [-0.4, -0.2) is 15.1 Å². The summed E-state index contributed by atoms with van der Waals surface area (Å²) in [7, 11) is 0. The lowest BCUT2D eigenvalue weighted by molar-refractivity contribution is 0.375. The zero-order valence-electron chi connectivity index (χ0n) is 12.4. The molecule has 0 aliphatic heterocycles. The van der Waals surface area contributed by atoms with E-state index in [0.717, 1.165) is 17.1 Å². The smallest absolute Gasteiger partial charge is 0.347 e. The van der Waals surface area contributed by atoms with E-state index in [0.29, 0.717) is 13.1 Å². The van der Waals surface area contributed by atoms with Gasteiger partial charge in [-0.15, -0.1) is 0 Å². The fraction of sp³-hybridized carbons (Fsp3) is 0.467. The third-order valence-corrected chi connectivity index (χ3v) is 2.82. The van der Waals surface area contributed by atoms with Crippen LogP contribution >= 0.6 is 0 Å². The molecule has 2 heterocycles. The average molecular weight is 275 g/mol. The Hall–Kier alpha value is -1.88. The van der Waals surface area contributed by atoms with Crippen LogP contribution in [0, 0.1) is 6.92 Å². The van der Waals surface area contributed by atoms with Crippen molar-refractivity contribution < 1.29 is 4.42 Å². The Morgan fingerprint density at radius 2 is 2.00 bits per heavy atom. The first-order valence-corrected chi connectivity index (χ1v) is 6.69. The number of hydrogen-bond acceptors (Lipinski definition) is 4. The van der Waals surface area contributed by atoms with Crippen LogP contribution in [0.1, 0.15) is 37.9 Å². The summed E-state index contributed by atoms with van der Waals surface area (Å²) < 4.78 is 7.28. The standard InChI is InChI=1S/C15H21N3O2/c1-11-7-16-14(19)18(9-11)10-13-6-5-12(20-13)8-17-15(2,3)4/h5-7,9,17H,8,10H2,1-4H3. The number of aromatic nitrogens is 2. The number of nitrogens with zero attached hydrogens (tertiary/aromatic N) is 2. The summed E-state index contributed by atoms with van der Waals surface area (Å²) >= 11 is 0. The SMILES string of the molecule is Cc1cnc(=O)n(Cc2ccc(CNC(C)(C)C)o2)c1. The van der Waals surface area contributed by atoms with Gasteiger partial charge in [-0.05, 0) is 45.4 Å². The summed E-state index contributed by atoms with van der Waals surface area (Å²) in [6.07, 6.45) is 3.35. The minimum atomic E-state index is -0.263. The van der Waals surface area contributed by atoms with Crippen LogP contribution in [0.4, 0.5) is 0 Å². The second kappa shape index (κ2) is 5.63. The summed E-state index contributed by atoms with van der Waals surface area (Å²) in [5.41, 5.74) is 0.733. The summed E-state index contributed by atoms with van der Waals surface area (Å²) in [5.74, 6) is 1.62. The number of aryl methyl sites for hydroxylation is 1. The van der Waals surface area contributed by atoms with Crippen LogP contribution in [0.5, 0.6) is 0 Å². The van der Waals surface area contributed by atoms with E-state index in [4.69, 9.17) is 4.42 Å². The minimum Gasteiger partial charge on any atom is -0.463 e. The van der Waals surface area contributed by atoms with Gasteiger partial charge in [0.25, 0.3) is 0 Å². The summed E-state index contributed by atoms with van der Waals surface area (Å²) in [5, 5.41) is 3.36. The monoisotopic (exact) mass is 275 g/mol. The number of hydrogen-bond donors (Lipinski definition) is 1. The molecule has 5 nitrogen and oxygen atoms in total. The van der Waals surface area contributed by atoms with Gasteiger partial charge in [-0.1, -0.05) is 0 Å². The molecule has 2 aromatic heterocycles. The Morgan fingerprint density at radius 1 is 1.30 bits per heavy atom. The average Bonchev–Trinajstić information content (AvgIpc) is 2.78. The van der Waals surface area contributed by atoms with Gasteiger partial charge < -0.3 is 9.73 Å². The van der Waals surface area contributed by atoms with Crippen LogP contribution in [0.2, 0.25) is 0 Å². The lowest BCUT2D eigenvalue weighted by atomic mass is 10.1. The second-order valence-corrected chi connectivity index (χ2v) is 6.01. The van der Waals surface area contributed by atoms with E-state index in [1.807, 2.05) is 19.1 Å². The van der Waals surface area contributed by atoms with Gasteiger partial charge in [0.2, 0.25) is 0 Å². The summed E-state index contributed by atoms with van der Waals surface area (Å²) in [4.78, 5) is 15.4. The quantitative estimate of drug-likeness (QED) is 0.928. The van der Waals surface area contributed by atoms with E-state index >= 15 is 0 Å². The van der Waals surface area contributed by atoms with Crippen LogP contribution < -0.4 is 11.0 Å². The molecule has 0 aromatic carbocycles. The van der Waals surface area contributed by atoms with Crippen molar-refractivity contribution in [1.29, 1.82) is 0 Å². The van der Waals surface area contributed by atoms with Crippen molar-refractivity contribution in [2.75, 3.05) is 0 Å². The molecule has 0 amide bonds. The van der Waals surface area contributed by atoms with Crippen LogP contribution in [-0.2, 0) is 13.1 Å². The normalized spacial score (nSPS) is 11.8. The van der Waals surface area contributed by atoms with Crippen molar-refractivity contribution in [2.45, 2.75) is 46.3 Å². The van der Waals surface area contributed by atoms with Crippen molar-refractivity contribution in [1.82, 2.24) is 14.9 Å². The molecule has 1 N–H and O–H groups in total. The highest BCUT2D eigenvalue weighted by Crippen LogP contribution is 2.10. The lowest BCUT2D eigenvalue weighted by Crippen LogP contribution is -2.34. The molecule has 0 aliphatic carbocycles. The molecule has 0 unspecified atom stereocenters.